The van der Waals surface area contributed by atoms with Crippen LogP contribution in [0.4, 0.5) is 0 Å². The average molecular weight is 258 g/mol. The molecule has 18 heavy (non-hydrogen) atoms. The topological polar surface area (TPSA) is 92.4 Å². The Morgan fingerprint density at radius 2 is 1.17 bits per heavy atom. The Morgan fingerprint density at radius 1 is 0.778 bits per heavy atom. The lowest BCUT2D eigenvalue weighted by molar-refractivity contribution is -0.137. The van der Waals surface area contributed by atoms with Crippen LogP contribution in [0.5, 0.6) is 0 Å². The van der Waals surface area contributed by atoms with Crippen molar-refractivity contribution < 1.29 is 14.7 Å². The molecule has 0 aromatic carbocycles. The zero-order valence-corrected chi connectivity index (χ0v) is 11.1. The maximum Gasteiger partial charge on any atom is 0.303 e. The summed E-state index contributed by atoms with van der Waals surface area (Å²) in [5.41, 5.74) is 2.12. The van der Waals surface area contributed by atoms with Crippen LogP contribution in [-0.4, -0.2) is 17.0 Å². The maximum absolute atomic E-state index is 10.8. The summed E-state index contributed by atoms with van der Waals surface area (Å²) in [5.74, 6) is 4.19. The van der Waals surface area contributed by atoms with Crippen molar-refractivity contribution in [3.63, 3.8) is 0 Å². The van der Waals surface area contributed by atoms with Crippen LogP contribution in [0.2, 0.25) is 0 Å². The third-order valence-corrected chi connectivity index (χ3v) is 2.96. The highest BCUT2D eigenvalue weighted by atomic mass is 16.4. The molecule has 0 atom stereocenters. The van der Waals surface area contributed by atoms with Gasteiger partial charge in [0.05, 0.1) is 0 Å². The van der Waals surface area contributed by atoms with E-state index in [1.54, 1.807) is 0 Å². The zero-order valence-electron chi connectivity index (χ0n) is 11.1. The summed E-state index contributed by atoms with van der Waals surface area (Å²) in [6, 6.07) is 0. The molecule has 5 nitrogen and oxygen atoms in total. The van der Waals surface area contributed by atoms with Crippen LogP contribution in [0.25, 0.3) is 0 Å². The number of unbranched alkanes of at least 4 members (excludes halogenated alkanes) is 8. The SMILES string of the molecule is NNC(=O)CCCCCCCCCCCC(=O)O. The van der Waals surface area contributed by atoms with Crippen LogP contribution in [0.1, 0.15) is 70.6 Å². The summed E-state index contributed by atoms with van der Waals surface area (Å²) < 4.78 is 0. The fourth-order valence-electron chi connectivity index (χ4n) is 1.87. The minimum Gasteiger partial charge on any atom is -0.481 e. The molecule has 4 N–H and O–H groups in total. The molecule has 5 heteroatoms. The van der Waals surface area contributed by atoms with Crippen LogP contribution in [0, 0.1) is 0 Å². The van der Waals surface area contributed by atoms with Gasteiger partial charge in [-0.3, -0.25) is 15.0 Å². The third-order valence-electron chi connectivity index (χ3n) is 2.96. The van der Waals surface area contributed by atoms with Gasteiger partial charge in [0.2, 0.25) is 5.91 Å². The molecule has 0 rings (SSSR count). The number of carbonyl (C=O) groups is 2. The number of amides is 1. The van der Waals surface area contributed by atoms with Gasteiger partial charge in [-0.1, -0.05) is 44.9 Å². The molecule has 0 aliphatic heterocycles. The Hall–Kier alpha value is -1.10. The first-order valence-corrected chi connectivity index (χ1v) is 6.88. The Labute approximate surface area is 109 Å². The summed E-state index contributed by atoms with van der Waals surface area (Å²) in [6.07, 6.45) is 10.5. The molecule has 106 valence electrons. The number of carboxylic acids is 1. The van der Waals surface area contributed by atoms with Crippen LogP contribution in [0.15, 0.2) is 0 Å². The van der Waals surface area contributed by atoms with E-state index in [2.05, 4.69) is 5.43 Å². The highest BCUT2D eigenvalue weighted by molar-refractivity contribution is 5.75. The summed E-state index contributed by atoms with van der Waals surface area (Å²) in [5, 5.41) is 8.46. The predicted molar refractivity (Wildman–Crippen MR) is 70.8 cm³/mol. The van der Waals surface area contributed by atoms with Gasteiger partial charge >= 0.3 is 5.97 Å². The van der Waals surface area contributed by atoms with Gasteiger partial charge in [0, 0.05) is 12.8 Å². The number of carboxylic acid groups (broad SMARTS) is 1. The average Bonchev–Trinajstić information content (AvgIpc) is 2.35. The third kappa shape index (κ3) is 13.0. The van der Waals surface area contributed by atoms with Crippen molar-refractivity contribution >= 4 is 11.9 Å². The second-order valence-corrected chi connectivity index (χ2v) is 4.64. The van der Waals surface area contributed by atoms with Crippen molar-refractivity contribution in [3.05, 3.63) is 0 Å². The van der Waals surface area contributed by atoms with Gasteiger partial charge in [-0.05, 0) is 12.8 Å². The molecular formula is C13H26N2O3. The second-order valence-electron chi connectivity index (χ2n) is 4.64. The lowest BCUT2D eigenvalue weighted by Crippen LogP contribution is -2.29. The standard InChI is InChI=1S/C13H26N2O3/c14-15-12(16)10-8-6-4-2-1-3-5-7-9-11-13(17)18/h1-11,14H2,(H,15,16)(H,17,18). The summed E-state index contributed by atoms with van der Waals surface area (Å²) in [7, 11) is 0. The van der Waals surface area contributed by atoms with E-state index in [4.69, 9.17) is 10.9 Å². The van der Waals surface area contributed by atoms with E-state index in [0.717, 1.165) is 38.5 Å². The fourth-order valence-corrected chi connectivity index (χ4v) is 1.87. The van der Waals surface area contributed by atoms with Crippen molar-refractivity contribution in [2.75, 3.05) is 0 Å². The van der Waals surface area contributed by atoms with E-state index >= 15 is 0 Å². The van der Waals surface area contributed by atoms with E-state index in [0.29, 0.717) is 12.8 Å². The van der Waals surface area contributed by atoms with Gasteiger partial charge in [-0.15, -0.1) is 0 Å². The molecule has 0 aromatic rings. The number of aliphatic carboxylic acids is 1. The van der Waals surface area contributed by atoms with Gasteiger partial charge in [0.15, 0.2) is 0 Å². The van der Waals surface area contributed by atoms with E-state index in [9.17, 15) is 9.59 Å². The quantitative estimate of drug-likeness (QED) is 0.217. The van der Waals surface area contributed by atoms with Gasteiger partial charge in [-0.25, -0.2) is 5.84 Å². The van der Waals surface area contributed by atoms with E-state index in [1.165, 1.54) is 19.3 Å². The molecule has 0 saturated heterocycles. The zero-order chi connectivity index (χ0) is 13.6. The number of hydrogen-bond acceptors (Lipinski definition) is 3. The predicted octanol–water partition coefficient (Wildman–Crippen LogP) is 2.35. The highest BCUT2D eigenvalue weighted by Gasteiger charge is 1.98. The molecule has 0 aliphatic carbocycles. The van der Waals surface area contributed by atoms with Gasteiger partial charge in [-0.2, -0.15) is 0 Å². The first-order valence-electron chi connectivity index (χ1n) is 6.88. The Kier molecular flexibility index (Phi) is 11.6. The smallest absolute Gasteiger partial charge is 0.303 e. The second kappa shape index (κ2) is 12.4. The van der Waals surface area contributed by atoms with Crippen molar-refractivity contribution in [2.24, 2.45) is 5.84 Å². The van der Waals surface area contributed by atoms with Crippen molar-refractivity contribution in [1.29, 1.82) is 0 Å². The molecular weight excluding hydrogens is 232 g/mol. The maximum atomic E-state index is 10.8. The first-order chi connectivity index (χ1) is 8.66. The van der Waals surface area contributed by atoms with Gasteiger partial charge in [0.1, 0.15) is 0 Å². The molecule has 0 heterocycles. The summed E-state index contributed by atoms with van der Waals surface area (Å²) in [6.45, 7) is 0. The first kappa shape index (κ1) is 16.9. The number of hydrogen-bond donors (Lipinski definition) is 3. The van der Waals surface area contributed by atoms with E-state index in [1.807, 2.05) is 0 Å². The van der Waals surface area contributed by atoms with Crippen molar-refractivity contribution in [1.82, 2.24) is 5.43 Å². The summed E-state index contributed by atoms with van der Waals surface area (Å²) in [4.78, 5) is 21.1. The number of nitrogens with two attached hydrogens (primary N) is 1. The van der Waals surface area contributed by atoms with Crippen LogP contribution < -0.4 is 11.3 Å². The summed E-state index contributed by atoms with van der Waals surface area (Å²) >= 11 is 0. The van der Waals surface area contributed by atoms with Gasteiger partial charge in [0.25, 0.3) is 0 Å². The minimum atomic E-state index is -0.698. The molecule has 0 aromatic heterocycles. The highest BCUT2D eigenvalue weighted by Crippen LogP contribution is 2.11. The largest absolute Gasteiger partial charge is 0.481 e. The van der Waals surface area contributed by atoms with Crippen molar-refractivity contribution in [3.8, 4) is 0 Å². The van der Waals surface area contributed by atoms with Crippen LogP contribution >= 0.6 is 0 Å². The lowest BCUT2D eigenvalue weighted by atomic mass is 10.1. The fraction of sp³-hybridized carbons (Fsp3) is 0.846. The molecule has 0 radical (unpaired) electrons. The molecule has 0 saturated carbocycles. The molecule has 0 fully saturated rings. The van der Waals surface area contributed by atoms with E-state index < -0.39 is 5.97 Å². The van der Waals surface area contributed by atoms with E-state index in [-0.39, 0.29) is 5.91 Å². The monoisotopic (exact) mass is 258 g/mol. The molecule has 1 amide bonds. The van der Waals surface area contributed by atoms with Gasteiger partial charge < -0.3 is 5.11 Å². The number of rotatable bonds is 12. The Balaban J connectivity index is 3.03. The van der Waals surface area contributed by atoms with Crippen molar-refractivity contribution in [2.45, 2.75) is 70.6 Å². The molecule has 0 spiro atoms. The van der Waals surface area contributed by atoms with Crippen LogP contribution in [0.3, 0.4) is 0 Å². The number of hydrazine groups is 1. The number of nitrogens with one attached hydrogen (secondary N) is 1. The number of carbonyl (C=O) groups excluding carboxylic acids is 1. The molecule has 0 aliphatic rings. The molecule has 0 bridgehead atoms. The van der Waals surface area contributed by atoms with Crippen LogP contribution in [-0.2, 0) is 9.59 Å². The Morgan fingerprint density at radius 3 is 1.56 bits per heavy atom. The minimum absolute atomic E-state index is 0.0894. The lowest BCUT2D eigenvalue weighted by Gasteiger charge is -2.02. The Bertz CT molecular complexity index is 232. The molecule has 0 unspecified atom stereocenters. The normalized spacial score (nSPS) is 10.3.